The fourth-order valence-corrected chi connectivity index (χ4v) is 2.80. The first-order valence-electron chi connectivity index (χ1n) is 7.79. The Hall–Kier alpha value is -2.57. The van der Waals surface area contributed by atoms with Gasteiger partial charge in [-0.1, -0.05) is 23.4 Å². The molecular formula is C16H20N4O3. The van der Waals surface area contributed by atoms with E-state index in [9.17, 15) is 9.59 Å². The summed E-state index contributed by atoms with van der Waals surface area (Å²) in [5, 5.41) is 9.42. The van der Waals surface area contributed by atoms with Gasteiger partial charge >= 0.3 is 6.03 Å². The largest absolute Gasteiger partial charge is 0.391 e. The fraction of sp³-hybridized carbons (Fsp3) is 0.438. The highest BCUT2D eigenvalue weighted by Gasteiger charge is 2.35. The minimum atomic E-state index is -0.475. The minimum absolute atomic E-state index is 0.0219. The number of nitrogens with zero attached hydrogens (tertiary/aromatic N) is 2. The van der Waals surface area contributed by atoms with Crippen molar-refractivity contribution in [2.75, 3.05) is 11.9 Å². The van der Waals surface area contributed by atoms with Crippen LogP contribution in [0.2, 0.25) is 0 Å². The molecule has 7 nitrogen and oxygen atoms in total. The van der Waals surface area contributed by atoms with Crippen molar-refractivity contribution in [1.82, 2.24) is 10.2 Å². The summed E-state index contributed by atoms with van der Waals surface area (Å²) in [4.78, 5) is 31.4. The number of hydrogen-bond donors (Lipinski definition) is 2. The fourth-order valence-electron chi connectivity index (χ4n) is 2.80. The van der Waals surface area contributed by atoms with Crippen molar-refractivity contribution in [2.45, 2.75) is 38.3 Å². The number of nitrogens with one attached hydrogen (secondary N) is 2. The lowest BCUT2D eigenvalue weighted by atomic mass is 10.2. The first-order valence-corrected chi connectivity index (χ1v) is 7.79. The molecule has 7 heteroatoms. The molecule has 0 saturated carbocycles. The molecule has 1 saturated heterocycles. The molecule has 2 atom stereocenters. The van der Waals surface area contributed by atoms with Crippen molar-refractivity contribution in [3.63, 3.8) is 0 Å². The Morgan fingerprint density at radius 1 is 1.26 bits per heavy atom. The number of anilines is 1. The number of carbonyl (C=O) groups is 2. The monoisotopic (exact) mass is 316 g/mol. The molecular weight excluding hydrogens is 296 g/mol. The number of amidine groups is 1. The van der Waals surface area contributed by atoms with Crippen LogP contribution in [-0.4, -0.2) is 41.4 Å². The van der Waals surface area contributed by atoms with Crippen molar-refractivity contribution in [3.8, 4) is 0 Å². The Morgan fingerprint density at radius 2 is 2.04 bits per heavy atom. The molecule has 1 aromatic carbocycles. The van der Waals surface area contributed by atoms with Gasteiger partial charge in [-0.15, -0.1) is 0 Å². The molecule has 1 fully saturated rings. The Labute approximate surface area is 134 Å². The zero-order chi connectivity index (χ0) is 16.2. The topological polar surface area (TPSA) is 83.0 Å². The summed E-state index contributed by atoms with van der Waals surface area (Å²) in [6.45, 7) is 2.45. The second-order valence-electron chi connectivity index (χ2n) is 5.79. The SMILES string of the molecule is CC1CC(NC(=O)C2CCCN2C(=O)Nc2ccccc2)=NO1. The third kappa shape index (κ3) is 3.61. The van der Waals surface area contributed by atoms with Crippen LogP contribution in [0.15, 0.2) is 35.5 Å². The van der Waals surface area contributed by atoms with Gasteiger partial charge in [0.25, 0.3) is 0 Å². The van der Waals surface area contributed by atoms with Crippen molar-refractivity contribution in [1.29, 1.82) is 0 Å². The normalized spacial score (nSPS) is 23.2. The number of oxime groups is 1. The number of likely N-dealkylation sites (tertiary alicyclic amines) is 1. The van der Waals surface area contributed by atoms with E-state index in [1.807, 2.05) is 37.3 Å². The van der Waals surface area contributed by atoms with Crippen molar-refractivity contribution < 1.29 is 14.4 Å². The predicted octanol–water partition coefficient (Wildman–Crippen LogP) is 1.92. The summed E-state index contributed by atoms with van der Waals surface area (Å²) in [6, 6.07) is 8.48. The molecule has 0 radical (unpaired) electrons. The van der Waals surface area contributed by atoms with E-state index in [-0.39, 0.29) is 18.0 Å². The third-order valence-corrected chi connectivity index (χ3v) is 3.93. The first-order chi connectivity index (χ1) is 11.1. The average Bonchev–Trinajstić information content (AvgIpc) is 3.17. The van der Waals surface area contributed by atoms with Gasteiger partial charge < -0.3 is 20.4 Å². The highest BCUT2D eigenvalue weighted by molar-refractivity contribution is 6.02. The number of para-hydroxylation sites is 1. The van der Waals surface area contributed by atoms with Crippen LogP contribution in [0.5, 0.6) is 0 Å². The molecule has 0 bridgehead atoms. The van der Waals surface area contributed by atoms with Crippen molar-refractivity contribution in [2.24, 2.45) is 5.16 Å². The quantitative estimate of drug-likeness (QED) is 0.874. The zero-order valence-corrected chi connectivity index (χ0v) is 13.0. The van der Waals surface area contributed by atoms with Crippen LogP contribution >= 0.6 is 0 Å². The molecule has 0 aromatic heterocycles. The first kappa shape index (κ1) is 15.3. The second-order valence-corrected chi connectivity index (χ2v) is 5.79. The van der Waals surface area contributed by atoms with Crippen LogP contribution in [0.3, 0.4) is 0 Å². The van der Waals surface area contributed by atoms with Crippen LogP contribution in [0, 0.1) is 0 Å². The van der Waals surface area contributed by atoms with E-state index in [0.29, 0.717) is 30.9 Å². The Kier molecular flexibility index (Phi) is 4.45. The van der Waals surface area contributed by atoms with Gasteiger partial charge in [0, 0.05) is 18.7 Å². The van der Waals surface area contributed by atoms with E-state index >= 15 is 0 Å². The van der Waals surface area contributed by atoms with E-state index in [1.54, 1.807) is 4.90 Å². The number of hydrogen-bond acceptors (Lipinski definition) is 4. The van der Waals surface area contributed by atoms with Gasteiger partial charge in [-0.2, -0.15) is 0 Å². The molecule has 2 aliphatic rings. The summed E-state index contributed by atoms with van der Waals surface area (Å²) in [6.07, 6.45) is 2.01. The minimum Gasteiger partial charge on any atom is -0.391 e. The molecule has 122 valence electrons. The number of carbonyl (C=O) groups excluding carboxylic acids is 2. The van der Waals surface area contributed by atoms with Gasteiger partial charge in [-0.05, 0) is 31.9 Å². The number of benzene rings is 1. The Bertz CT molecular complexity index is 617. The molecule has 2 N–H and O–H groups in total. The smallest absolute Gasteiger partial charge is 0.322 e. The summed E-state index contributed by atoms with van der Waals surface area (Å²) in [7, 11) is 0. The van der Waals surface area contributed by atoms with Crippen LogP contribution in [0.4, 0.5) is 10.5 Å². The highest BCUT2D eigenvalue weighted by Crippen LogP contribution is 2.19. The molecule has 0 aliphatic carbocycles. The van der Waals surface area contributed by atoms with Gasteiger partial charge in [0.2, 0.25) is 5.91 Å². The van der Waals surface area contributed by atoms with Crippen LogP contribution in [0.25, 0.3) is 0 Å². The van der Waals surface area contributed by atoms with Crippen LogP contribution in [-0.2, 0) is 9.63 Å². The van der Waals surface area contributed by atoms with E-state index in [0.717, 1.165) is 6.42 Å². The van der Waals surface area contributed by atoms with Crippen LogP contribution in [0.1, 0.15) is 26.2 Å². The summed E-state index contributed by atoms with van der Waals surface area (Å²) < 4.78 is 0. The second kappa shape index (κ2) is 6.68. The lowest BCUT2D eigenvalue weighted by Gasteiger charge is -2.24. The van der Waals surface area contributed by atoms with E-state index < -0.39 is 6.04 Å². The van der Waals surface area contributed by atoms with Gasteiger partial charge in [-0.3, -0.25) is 4.79 Å². The predicted molar refractivity (Wildman–Crippen MR) is 85.9 cm³/mol. The van der Waals surface area contributed by atoms with E-state index in [4.69, 9.17) is 4.84 Å². The lowest BCUT2D eigenvalue weighted by molar-refractivity contribution is -0.123. The Morgan fingerprint density at radius 3 is 2.74 bits per heavy atom. The van der Waals surface area contributed by atoms with Crippen LogP contribution < -0.4 is 10.6 Å². The van der Waals surface area contributed by atoms with Gasteiger partial charge in [0.05, 0.1) is 0 Å². The van der Waals surface area contributed by atoms with Crippen molar-refractivity contribution in [3.05, 3.63) is 30.3 Å². The summed E-state index contributed by atoms with van der Waals surface area (Å²) >= 11 is 0. The van der Waals surface area contributed by atoms with Gasteiger partial charge in [-0.25, -0.2) is 4.79 Å². The molecule has 3 amide bonds. The molecule has 2 unspecified atom stereocenters. The van der Waals surface area contributed by atoms with Gasteiger partial charge in [0.15, 0.2) is 5.84 Å². The molecule has 0 spiro atoms. The number of amides is 3. The van der Waals surface area contributed by atoms with Crippen molar-refractivity contribution >= 4 is 23.5 Å². The molecule has 1 aromatic rings. The lowest BCUT2D eigenvalue weighted by Crippen LogP contribution is -2.48. The van der Waals surface area contributed by atoms with E-state index in [1.165, 1.54) is 0 Å². The highest BCUT2D eigenvalue weighted by atomic mass is 16.6. The molecule has 23 heavy (non-hydrogen) atoms. The maximum absolute atomic E-state index is 12.4. The standard InChI is InChI=1S/C16H20N4O3/c1-11-10-14(19-23-11)18-15(21)13-8-5-9-20(13)16(22)17-12-6-3-2-4-7-12/h2-4,6-7,11,13H,5,8-10H2,1H3,(H,17,22)(H,18,19,21). The zero-order valence-electron chi connectivity index (χ0n) is 13.0. The summed E-state index contributed by atoms with van der Waals surface area (Å²) in [5.41, 5.74) is 0.714. The summed E-state index contributed by atoms with van der Waals surface area (Å²) in [5.74, 6) is 0.319. The number of rotatable bonds is 2. The van der Waals surface area contributed by atoms with E-state index in [2.05, 4.69) is 15.8 Å². The van der Waals surface area contributed by atoms with Gasteiger partial charge in [0.1, 0.15) is 12.1 Å². The molecule has 2 heterocycles. The number of urea groups is 1. The maximum atomic E-state index is 12.4. The maximum Gasteiger partial charge on any atom is 0.322 e. The molecule has 2 aliphatic heterocycles. The molecule has 3 rings (SSSR count). The average molecular weight is 316 g/mol. The third-order valence-electron chi connectivity index (χ3n) is 3.93. The Balaban J connectivity index is 1.60.